The van der Waals surface area contributed by atoms with Crippen molar-refractivity contribution >= 4 is 5.97 Å². The third-order valence-electron chi connectivity index (χ3n) is 1.85. The number of rotatable bonds is 1. The van der Waals surface area contributed by atoms with Crippen molar-refractivity contribution in [2.45, 2.75) is 21.3 Å². The average molecular weight is 196 g/mol. The number of methoxy groups -OCH3 is 1. The van der Waals surface area contributed by atoms with Gasteiger partial charge in [0.1, 0.15) is 11.3 Å². The molecule has 1 aromatic rings. The zero-order valence-corrected chi connectivity index (χ0v) is 7.92. The van der Waals surface area contributed by atoms with E-state index in [1.165, 1.54) is 7.11 Å². The predicted octanol–water partition coefficient (Wildman–Crippen LogP) is 2.43. The molecule has 0 spiro atoms. The van der Waals surface area contributed by atoms with E-state index in [1.54, 1.807) is 13.0 Å². The number of hydrogen-bond acceptors (Lipinski definition) is 3. The van der Waals surface area contributed by atoms with Crippen molar-refractivity contribution in [2.75, 3.05) is 7.11 Å². The Kier molecular flexibility index (Phi) is 4.15. The van der Waals surface area contributed by atoms with Crippen molar-refractivity contribution < 1.29 is 14.6 Å². The molecule has 0 fully saturated rings. The summed E-state index contributed by atoms with van der Waals surface area (Å²) >= 11 is 0. The van der Waals surface area contributed by atoms with Crippen LogP contribution < -0.4 is 0 Å². The Morgan fingerprint density at radius 3 is 2.43 bits per heavy atom. The molecule has 0 saturated carbocycles. The predicted molar refractivity (Wildman–Crippen MR) is 55.7 cm³/mol. The zero-order valence-electron chi connectivity index (χ0n) is 7.92. The lowest BCUT2D eigenvalue weighted by molar-refractivity contribution is 0.0597. The molecule has 0 aliphatic carbocycles. The highest BCUT2D eigenvalue weighted by Gasteiger charge is 2.13. The van der Waals surface area contributed by atoms with Crippen LogP contribution in [-0.2, 0) is 4.74 Å². The Hall–Kier alpha value is -1.51. The van der Waals surface area contributed by atoms with E-state index >= 15 is 0 Å². The third-order valence-corrected chi connectivity index (χ3v) is 1.85. The van der Waals surface area contributed by atoms with Crippen LogP contribution in [0.3, 0.4) is 0 Å². The molecule has 0 unspecified atom stereocenters. The van der Waals surface area contributed by atoms with Gasteiger partial charge in [0, 0.05) is 0 Å². The van der Waals surface area contributed by atoms with E-state index < -0.39 is 5.97 Å². The molecule has 14 heavy (non-hydrogen) atoms. The fraction of sp³-hybridized carbons (Fsp3) is 0.364. The number of phenolic OH excluding ortho intramolecular Hbond substituents is 1. The summed E-state index contributed by atoms with van der Waals surface area (Å²) in [5.41, 5.74) is 1.83. The second kappa shape index (κ2) is 4.65. The Morgan fingerprint density at radius 1 is 1.36 bits per heavy atom. The number of carbonyl (C=O) groups excluding carboxylic acids is 1. The van der Waals surface area contributed by atoms with Crippen LogP contribution in [0.25, 0.3) is 0 Å². The van der Waals surface area contributed by atoms with E-state index in [9.17, 15) is 9.90 Å². The molecular formula is C11H16O3. The summed E-state index contributed by atoms with van der Waals surface area (Å²) in [4.78, 5) is 11.2. The molecule has 0 bridgehead atoms. The minimum atomic E-state index is -0.510. The van der Waals surface area contributed by atoms with E-state index in [2.05, 4.69) is 4.74 Å². The molecule has 0 amide bonds. The Morgan fingerprint density at radius 2 is 1.93 bits per heavy atom. The van der Waals surface area contributed by atoms with Crippen molar-refractivity contribution in [2.24, 2.45) is 0 Å². The van der Waals surface area contributed by atoms with Crippen LogP contribution in [0, 0.1) is 13.8 Å². The molecule has 0 aliphatic heterocycles. The molecule has 3 nitrogen and oxygen atoms in total. The highest BCUT2D eigenvalue weighted by Crippen LogP contribution is 2.23. The smallest absolute Gasteiger partial charge is 0.341 e. The number of carbonyl (C=O) groups is 1. The number of aryl methyl sites for hydroxylation is 2. The van der Waals surface area contributed by atoms with E-state index in [-0.39, 0.29) is 18.7 Å². The number of esters is 1. The summed E-state index contributed by atoms with van der Waals surface area (Å²) in [6.45, 7) is 3.60. The highest BCUT2D eigenvalue weighted by molar-refractivity contribution is 5.93. The van der Waals surface area contributed by atoms with Crippen molar-refractivity contribution in [3.63, 3.8) is 0 Å². The summed E-state index contributed by atoms with van der Waals surface area (Å²) in [7, 11) is 1.29. The van der Waals surface area contributed by atoms with Gasteiger partial charge in [-0.2, -0.15) is 0 Å². The maximum atomic E-state index is 11.2. The summed E-state index contributed by atoms with van der Waals surface area (Å²) in [5, 5.41) is 9.52. The first-order valence-electron chi connectivity index (χ1n) is 3.94. The van der Waals surface area contributed by atoms with Gasteiger partial charge in [0.2, 0.25) is 0 Å². The third kappa shape index (κ3) is 2.25. The van der Waals surface area contributed by atoms with Crippen molar-refractivity contribution in [1.82, 2.24) is 0 Å². The normalized spacial score (nSPS) is 9.07. The van der Waals surface area contributed by atoms with Crippen LogP contribution in [0.4, 0.5) is 0 Å². The van der Waals surface area contributed by atoms with Crippen molar-refractivity contribution in [3.05, 3.63) is 28.8 Å². The van der Waals surface area contributed by atoms with Crippen LogP contribution in [0.15, 0.2) is 12.1 Å². The largest absolute Gasteiger partial charge is 0.507 e. The fourth-order valence-electron chi connectivity index (χ4n) is 1.23. The van der Waals surface area contributed by atoms with Gasteiger partial charge < -0.3 is 9.84 Å². The van der Waals surface area contributed by atoms with E-state index in [0.29, 0.717) is 5.56 Å². The number of ether oxygens (including phenoxy) is 1. The van der Waals surface area contributed by atoms with Gasteiger partial charge in [0.05, 0.1) is 7.11 Å². The summed E-state index contributed by atoms with van der Waals surface area (Å²) in [6.07, 6.45) is 0. The second-order valence-electron chi connectivity index (χ2n) is 2.97. The Bertz CT molecular complexity index is 343. The number of benzene rings is 1. The number of phenols is 1. The first-order chi connectivity index (χ1) is 6.06. The first-order valence-corrected chi connectivity index (χ1v) is 3.94. The van der Waals surface area contributed by atoms with Crippen molar-refractivity contribution in [1.29, 1.82) is 0 Å². The minimum Gasteiger partial charge on any atom is -0.507 e. The van der Waals surface area contributed by atoms with Crippen LogP contribution in [-0.4, -0.2) is 18.2 Å². The van der Waals surface area contributed by atoms with Crippen LogP contribution in [0.5, 0.6) is 5.75 Å². The fourth-order valence-corrected chi connectivity index (χ4v) is 1.23. The number of aromatic hydroxyl groups is 1. The van der Waals surface area contributed by atoms with E-state index in [0.717, 1.165) is 5.56 Å². The Balaban J connectivity index is 0.00000169. The van der Waals surface area contributed by atoms with Gasteiger partial charge in [-0.1, -0.05) is 13.5 Å². The molecule has 0 saturated heterocycles. The molecule has 0 radical (unpaired) electrons. The highest BCUT2D eigenvalue weighted by atomic mass is 16.5. The van der Waals surface area contributed by atoms with Gasteiger partial charge in [0.25, 0.3) is 0 Å². The average Bonchev–Trinajstić information content (AvgIpc) is 2.10. The van der Waals surface area contributed by atoms with Gasteiger partial charge in [-0.15, -0.1) is 0 Å². The molecule has 1 rings (SSSR count). The minimum absolute atomic E-state index is 0. The van der Waals surface area contributed by atoms with Gasteiger partial charge in [-0.25, -0.2) is 4.79 Å². The standard InChI is InChI=1S/C10H12O3.CH4/c1-6-4-7(2)9(11)8(5-6)10(12)13-3;/h4-5,11H,1-3H3;1H4. The lowest BCUT2D eigenvalue weighted by atomic mass is 10.1. The Labute approximate surface area is 84.3 Å². The van der Waals surface area contributed by atoms with Crippen LogP contribution in [0.1, 0.15) is 28.9 Å². The lowest BCUT2D eigenvalue weighted by Crippen LogP contribution is -2.02. The topological polar surface area (TPSA) is 46.5 Å². The van der Waals surface area contributed by atoms with E-state index in [4.69, 9.17) is 0 Å². The molecule has 3 heteroatoms. The van der Waals surface area contributed by atoms with Crippen LogP contribution >= 0.6 is 0 Å². The van der Waals surface area contributed by atoms with Gasteiger partial charge >= 0.3 is 5.97 Å². The summed E-state index contributed by atoms with van der Waals surface area (Å²) in [5.74, 6) is -0.512. The molecule has 0 atom stereocenters. The van der Waals surface area contributed by atoms with Gasteiger partial charge in [-0.3, -0.25) is 0 Å². The molecule has 1 aromatic carbocycles. The monoisotopic (exact) mass is 196 g/mol. The SMILES string of the molecule is C.COC(=O)c1cc(C)cc(C)c1O. The van der Waals surface area contributed by atoms with Crippen molar-refractivity contribution in [3.8, 4) is 5.75 Å². The quantitative estimate of drug-likeness (QED) is 0.702. The first kappa shape index (κ1) is 12.5. The zero-order chi connectivity index (χ0) is 10.0. The molecule has 1 N–H and O–H groups in total. The second-order valence-corrected chi connectivity index (χ2v) is 2.97. The summed E-state index contributed by atoms with van der Waals surface area (Å²) in [6, 6.07) is 3.41. The number of hydrogen-bond donors (Lipinski definition) is 1. The van der Waals surface area contributed by atoms with Gasteiger partial charge in [-0.05, 0) is 31.0 Å². The molecular weight excluding hydrogens is 180 g/mol. The molecule has 0 heterocycles. The van der Waals surface area contributed by atoms with E-state index in [1.807, 2.05) is 13.0 Å². The molecule has 0 aromatic heterocycles. The van der Waals surface area contributed by atoms with Crippen LogP contribution in [0.2, 0.25) is 0 Å². The maximum absolute atomic E-state index is 11.2. The van der Waals surface area contributed by atoms with Gasteiger partial charge in [0.15, 0.2) is 0 Å². The molecule has 78 valence electrons. The lowest BCUT2D eigenvalue weighted by Gasteiger charge is -2.06. The maximum Gasteiger partial charge on any atom is 0.341 e. The molecule has 0 aliphatic rings. The summed E-state index contributed by atoms with van der Waals surface area (Å²) < 4.78 is 4.53.